The summed E-state index contributed by atoms with van der Waals surface area (Å²) < 4.78 is 2.24. The van der Waals surface area contributed by atoms with E-state index >= 15 is 0 Å². The second-order valence-electron chi connectivity index (χ2n) is 7.65. The van der Waals surface area contributed by atoms with Crippen LogP contribution in [0.25, 0.3) is 53.8 Å². The van der Waals surface area contributed by atoms with Crippen LogP contribution < -0.4 is 0 Å². The van der Waals surface area contributed by atoms with Gasteiger partial charge in [-0.05, 0) is 58.1 Å². The Balaban J connectivity index is 1.66. The van der Waals surface area contributed by atoms with E-state index in [1.54, 1.807) is 11.3 Å². The van der Waals surface area contributed by atoms with Gasteiger partial charge < -0.3 is 0 Å². The van der Waals surface area contributed by atoms with Crippen LogP contribution in [0.15, 0.2) is 103 Å². The molecule has 0 aliphatic heterocycles. The molecule has 2 nitrogen and oxygen atoms in total. The van der Waals surface area contributed by atoms with Gasteiger partial charge in [0.2, 0.25) is 5.28 Å². The molecule has 4 aromatic carbocycles. The Hall–Kier alpha value is -3.53. The molecule has 6 rings (SSSR count). The lowest BCUT2D eigenvalue weighted by atomic mass is 9.95. The van der Waals surface area contributed by atoms with Crippen molar-refractivity contribution < 1.29 is 0 Å². The Morgan fingerprint density at radius 2 is 1.12 bits per heavy atom. The number of halogens is 1. The average Bonchev–Trinajstić information content (AvgIpc) is 3.23. The van der Waals surface area contributed by atoms with Gasteiger partial charge in [0.15, 0.2) is 0 Å². The molecule has 6 aromatic rings. The van der Waals surface area contributed by atoms with Crippen molar-refractivity contribution in [1.82, 2.24) is 9.97 Å². The van der Waals surface area contributed by atoms with Crippen LogP contribution in [0.1, 0.15) is 0 Å². The molecule has 0 aliphatic carbocycles. The minimum atomic E-state index is 0.266. The van der Waals surface area contributed by atoms with Crippen molar-refractivity contribution in [3.63, 3.8) is 0 Å². The van der Waals surface area contributed by atoms with E-state index in [0.717, 1.165) is 38.0 Å². The highest BCUT2D eigenvalue weighted by Crippen LogP contribution is 2.40. The number of rotatable bonds is 3. The van der Waals surface area contributed by atoms with Crippen molar-refractivity contribution in [2.75, 3.05) is 0 Å². The molecule has 0 spiro atoms. The number of nitrogens with zero attached hydrogens (tertiary/aromatic N) is 2. The Morgan fingerprint density at radius 3 is 1.78 bits per heavy atom. The fraction of sp³-hybridized carbons (Fsp3) is 0. The predicted molar refractivity (Wildman–Crippen MR) is 136 cm³/mol. The summed E-state index contributed by atoms with van der Waals surface area (Å²) in [5, 5.41) is 1.38. The summed E-state index contributed by atoms with van der Waals surface area (Å²) in [5.41, 5.74) is 7.43. The van der Waals surface area contributed by atoms with E-state index in [-0.39, 0.29) is 5.28 Å². The maximum absolute atomic E-state index is 6.43. The molecule has 2 aromatic heterocycles. The molecule has 0 amide bonds. The summed E-state index contributed by atoms with van der Waals surface area (Å²) in [4.78, 5) is 9.28. The lowest BCUT2D eigenvalue weighted by Crippen LogP contribution is -1.91. The highest BCUT2D eigenvalue weighted by Gasteiger charge is 2.16. The first-order valence-corrected chi connectivity index (χ1v) is 11.6. The first kappa shape index (κ1) is 19.2. The lowest BCUT2D eigenvalue weighted by Gasteiger charge is -2.11. The molecule has 0 fully saturated rings. The summed E-state index contributed by atoms with van der Waals surface area (Å²) in [7, 11) is 0. The van der Waals surface area contributed by atoms with Gasteiger partial charge in [0.1, 0.15) is 0 Å². The summed E-state index contributed by atoms with van der Waals surface area (Å²) in [6.45, 7) is 0. The van der Waals surface area contributed by atoms with Gasteiger partial charge in [-0.1, -0.05) is 78.9 Å². The third kappa shape index (κ3) is 3.36. The van der Waals surface area contributed by atoms with E-state index < -0.39 is 0 Å². The van der Waals surface area contributed by atoms with Crippen LogP contribution in [0.2, 0.25) is 5.28 Å². The van der Waals surface area contributed by atoms with Gasteiger partial charge in [0, 0.05) is 15.6 Å². The van der Waals surface area contributed by atoms with Gasteiger partial charge in [-0.2, -0.15) is 0 Å². The summed E-state index contributed by atoms with van der Waals surface area (Å²) in [6, 6.07) is 35.8. The Morgan fingerprint density at radius 1 is 0.562 bits per heavy atom. The fourth-order valence-electron chi connectivity index (χ4n) is 4.12. The third-order valence-electron chi connectivity index (χ3n) is 5.61. The second kappa shape index (κ2) is 7.86. The van der Waals surface area contributed by atoms with Gasteiger partial charge in [-0.15, -0.1) is 11.3 Å². The predicted octanol–water partition coefficient (Wildman–Crippen LogP) is 8.50. The summed E-state index contributed by atoms with van der Waals surface area (Å²) >= 11 is 8.14. The molecule has 2 heterocycles. The van der Waals surface area contributed by atoms with Crippen LogP contribution in [-0.4, -0.2) is 9.97 Å². The van der Waals surface area contributed by atoms with Gasteiger partial charge in [0.05, 0.1) is 15.9 Å². The minimum Gasteiger partial charge on any atom is -0.216 e. The standard InChI is InChI=1S/C28H17ClN2S/c29-28-30-25(27-26(31-28)23-13-7-8-14-24(23)32-27)22-16-20(18-9-3-1-4-10-18)15-21(17-22)19-11-5-2-6-12-19/h1-17H. The quantitative estimate of drug-likeness (QED) is 0.253. The molecule has 0 saturated carbocycles. The molecule has 0 bridgehead atoms. The minimum absolute atomic E-state index is 0.266. The van der Waals surface area contributed by atoms with Crippen molar-refractivity contribution in [3.05, 3.63) is 108 Å². The van der Waals surface area contributed by atoms with Gasteiger partial charge in [-0.3, -0.25) is 0 Å². The van der Waals surface area contributed by atoms with Crippen LogP contribution in [0.4, 0.5) is 0 Å². The van der Waals surface area contributed by atoms with Gasteiger partial charge in [0.25, 0.3) is 0 Å². The molecule has 152 valence electrons. The first-order chi connectivity index (χ1) is 15.8. The topological polar surface area (TPSA) is 25.8 Å². The smallest absolute Gasteiger partial charge is 0.216 e. The number of thiophene rings is 1. The first-order valence-electron chi connectivity index (χ1n) is 10.4. The van der Waals surface area contributed by atoms with Gasteiger partial charge in [-0.25, -0.2) is 9.97 Å². The number of hydrogen-bond acceptors (Lipinski definition) is 3. The molecular weight excluding hydrogens is 432 g/mol. The van der Waals surface area contributed by atoms with Crippen molar-refractivity contribution in [2.24, 2.45) is 0 Å². The molecule has 0 N–H and O–H groups in total. The van der Waals surface area contributed by atoms with E-state index in [2.05, 4.69) is 89.9 Å². The second-order valence-corrected chi connectivity index (χ2v) is 9.04. The summed E-state index contributed by atoms with van der Waals surface area (Å²) in [5.74, 6) is 0. The maximum Gasteiger partial charge on any atom is 0.223 e. The van der Waals surface area contributed by atoms with Crippen LogP contribution in [0.5, 0.6) is 0 Å². The number of fused-ring (bicyclic) bond motifs is 3. The normalized spacial score (nSPS) is 11.3. The Kier molecular flexibility index (Phi) is 4.71. The van der Waals surface area contributed by atoms with Gasteiger partial charge >= 0.3 is 0 Å². The van der Waals surface area contributed by atoms with Crippen molar-refractivity contribution in [2.45, 2.75) is 0 Å². The van der Waals surface area contributed by atoms with Crippen LogP contribution in [-0.2, 0) is 0 Å². The average molecular weight is 449 g/mol. The molecule has 0 aliphatic rings. The molecule has 0 saturated heterocycles. The summed E-state index contributed by atoms with van der Waals surface area (Å²) in [6.07, 6.45) is 0. The van der Waals surface area contributed by atoms with E-state index in [1.165, 1.54) is 15.8 Å². The zero-order chi connectivity index (χ0) is 21.5. The van der Waals surface area contributed by atoms with E-state index in [0.29, 0.717) is 0 Å². The number of hydrogen-bond donors (Lipinski definition) is 0. The highest BCUT2D eigenvalue weighted by atomic mass is 35.5. The SMILES string of the molecule is Clc1nc(-c2cc(-c3ccccc3)cc(-c3ccccc3)c2)c2sc3ccccc3c2n1. The molecule has 32 heavy (non-hydrogen) atoms. The molecule has 0 unspecified atom stereocenters. The van der Waals surface area contributed by atoms with E-state index in [1.807, 2.05) is 18.2 Å². The van der Waals surface area contributed by atoms with E-state index in [9.17, 15) is 0 Å². The number of benzene rings is 4. The van der Waals surface area contributed by atoms with Crippen LogP contribution >= 0.6 is 22.9 Å². The Labute approximate surface area is 194 Å². The zero-order valence-corrected chi connectivity index (χ0v) is 18.6. The van der Waals surface area contributed by atoms with Crippen molar-refractivity contribution in [3.8, 4) is 33.5 Å². The van der Waals surface area contributed by atoms with Crippen LogP contribution in [0, 0.1) is 0 Å². The molecule has 0 atom stereocenters. The lowest BCUT2D eigenvalue weighted by molar-refractivity contribution is 1.24. The van der Waals surface area contributed by atoms with Crippen molar-refractivity contribution in [1.29, 1.82) is 0 Å². The fourth-order valence-corrected chi connectivity index (χ4v) is 5.44. The monoisotopic (exact) mass is 448 g/mol. The largest absolute Gasteiger partial charge is 0.223 e. The maximum atomic E-state index is 6.43. The molecule has 4 heteroatoms. The highest BCUT2D eigenvalue weighted by molar-refractivity contribution is 7.26. The zero-order valence-electron chi connectivity index (χ0n) is 17.0. The third-order valence-corrected chi connectivity index (χ3v) is 6.95. The Bertz CT molecular complexity index is 1520. The molecule has 0 radical (unpaired) electrons. The van der Waals surface area contributed by atoms with Crippen molar-refractivity contribution >= 4 is 43.2 Å². The van der Waals surface area contributed by atoms with Crippen LogP contribution in [0.3, 0.4) is 0 Å². The molecular formula is C28H17ClN2S. The van der Waals surface area contributed by atoms with E-state index in [4.69, 9.17) is 16.6 Å². The number of aromatic nitrogens is 2.